The lowest BCUT2D eigenvalue weighted by Gasteiger charge is -2.25. The van der Waals surface area contributed by atoms with Crippen LogP contribution in [0.4, 0.5) is 0 Å². The Kier molecular flexibility index (Phi) is 8.15. The van der Waals surface area contributed by atoms with Gasteiger partial charge in [0.05, 0.1) is 6.61 Å². The van der Waals surface area contributed by atoms with E-state index in [-0.39, 0.29) is 5.97 Å². The van der Waals surface area contributed by atoms with Crippen molar-refractivity contribution in [3.05, 3.63) is 0 Å². The average Bonchev–Trinajstić information content (AvgIpc) is 2.26. The van der Waals surface area contributed by atoms with Crippen LogP contribution in [-0.2, 0) is 9.53 Å². The highest BCUT2D eigenvalue weighted by molar-refractivity contribution is 5.79. The summed E-state index contributed by atoms with van der Waals surface area (Å²) in [7, 11) is 6.19. The molecule has 0 bridgehead atoms. The SMILES string of the molecule is CCOC(=O)C(C)(N)CCN(C)CCCN(C)C. The van der Waals surface area contributed by atoms with E-state index < -0.39 is 5.54 Å². The van der Waals surface area contributed by atoms with Gasteiger partial charge in [0.25, 0.3) is 0 Å². The van der Waals surface area contributed by atoms with Crippen molar-refractivity contribution in [3.63, 3.8) is 0 Å². The zero-order valence-corrected chi connectivity index (χ0v) is 12.5. The summed E-state index contributed by atoms with van der Waals surface area (Å²) in [6.07, 6.45) is 1.73. The van der Waals surface area contributed by atoms with E-state index in [1.54, 1.807) is 13.8 Å². The van der Waals surface area contributed by atoms with Gasteiger partial charge >= 0.3 is 5.97 Å². The Morgan fingerprint density at radius 3 is 2.33 bits per heavy atom. The summed E-state index contributed by atoms with van der Waals surface area (Å²) < 4.78 is 4.96. The molecule has 0 aliphatic rings. The molecular weight excluding hydrogens is 230 g/mol. The number of carbonyl (C=O) groups excluding carboxylic acids is 1. The number of ether oxygens (including phenoxy) is 1. The molecule has 0 radical (unpaired) electrons. The van der Waals surface area contributed by atoms with E-state index >= 15 is 0 Å². The monoisotopic (exact) mass is 259 g/mol. The third-order valence-electron chi connectivity index (χ3n) is 2.90. The Morgan fingerprint density at radius 1 is 1.22 bits per heavy atom. The average molecular weight is 259 g/mol. The highest BCUT2D eigenvalue weighted by Gasteiger charge is 2.29. The Morgan fingerprint density at radius 2 is 1.83 bits per heavy atom. The van der Waals surface area contributed by atoms with Crippen LogP contribution >= 0.6 is 0 Å². The molecule has 2 N–H and O–H groups in total. The number of hydrogen-bond donors (Lipinski definition) is 1. The second-order valence-electron chi connectivity index (χ2n) is 5.35. The van der Waals surface area contributed by atoms with Crippen LogP contribution in [0, 0.1) is 0 Å². The number of rotatable bonds is 9. The predicted molar refractivity (Wildman–Crippen MR) is 74.5 cm³/mol. The summed E-state index contributed by atoms with van der Waals surface area (Å²) in [6, 6.07) is 0. The molecule has 0 heterocycles. The minimum absolute atomic E-state index is 0.313. The predicted octanol–water partition coefficient (Wildman–Crippen LogP) is 0.541. The summed E-state index contributed by atoms with van der Waals surface area (Å²) in [5.74, 6) is -0.313. The second-order valence-corrected chi connectivity index (χ2v) is 5.35. The summed E-state index contributed by atoms with van der Waals surface area (Å²) in [5, 5.41) is 0. The quantitative estimate of drug-likeness (QED) is 0.613. The number of esters is 1. The molecule has 0 amide bonds. The van der Waals surface area contributed by atoms with Crippen LogP contribution in [0.15, 0.2) is 0 Å². The highest BCUT2D eigenvalue weighted by atomic mass is 16.5. The molecule has 5 nitrogen and oxygen atoms in total. The Balaban J connectivity index is 3.88. The van der Waals surface area contributed by atoms with Crippen molar-refractivity contribution in [1.29, 1.82) is 0 Å². The summed E-state index contributed by atoms with van der Waals surface area (Å²) in [6.45, 7) is 6.79. The van der Waals surface area contributed by atoms with Crippen molar-refractivity contribution in [1.82, 2.24) is 9.80 Å². The second kappa shape index (κ2) is 8.45. The van der Waals surface area contributed by atoms with E-state index in [0.717, 1.165) is 26.1 Å². The first-order valence-electron chi connectivity index (χ1n) is 6.59. The maximum atomic E-state index is 11.6. The molecule has 0 aromatic heterocycles. The third kappa shape index (κ3) is 7.63. The van der Waals surface area contributed by atoms with E-state index in [1.807, 2.05) is 0 Å². The molecule has 0 aliphatic heterocycles. The lowest BCUT2D eigenvalue weighted by atomic mass is 9.99. The normalized spacial score (nSPS) is 14.9. The van der Waals surface area contributed by atoms with Gasteiger partial charge in [0, 0.05) is 6.54 Å². The molecule has 5 heteroatoms. The van der Waals surface area contributed by atoms with Gasteiger partial charge < -0.3 is 20.3 Å². The summed E-state index contributed by atoms with van der Waals surface area (Å²) in [4.78, 5) is 16.0. The smallest absolute Gasteiger partial charge is 0.325 e. The van der Waals surface area contributed by atoms with Gasteiger partial charge in [-0.3, -0.25) is 4.79 Å². The lowest BCUT2D eigenvalue weighted by molar-refractivity contribution is -0.149. The fourth-order valence-corrected chi connectivity index (χ4v) is 1.59. The number of hydrogen-bond acceptors (Lipinski definition) is 5. The van der Waals surface area contributed by atoms with Crippen LogP contribution in [0.5, 0.6) is 0 Å². The summed E-state index contributed by atoms with van der Waals surface area (Å²) >= 11 is 0. The van der Waals surface area contributed by atoms with Gasteiger partial charge in [0.2, 0.25) is 0 Å². The zero-order chi connectivity index (χ0) is 14.2. The van der Waals surface area contributed by atoms with Crippen LogP contribution in [0.2, 0.25) is 0 Å². The first-order chi connectivity index (χ1) is 8.29. The van der Waals surface area contributed by atoms with E-state index in [1.165, 1.54) is 0 Å². The third-order valence-corrected chi connectivity index (χ3v) is 2.90. The topological polar surface area (TPSA) is 58.8 Å². The lowest BCUT2D eigenvalue weighted by Crippen LogP contribution is -2.48. The molecule has 18 heavy (non-hydrogen) atoms. The summed E-state index contributed by atoms with van der Waals surface area (Å²) in [5.41, 5.74) is 5.08. The molecule has 0 saturated heterocycles. The van der Waals surface area contributed by atoms with E-state index in [0.29, 0.717) is 13.0 Å². The molecule has 0 rings (SSSR count). The molecule has 0 saturated carbocycles. The van der Waals surface area contributed by atoms with Gasteiger partial charge in [-0.05, 0) is 60.9 Å². The van der Waals surface area contributed by atoms with E-state index in [2.05, 4.69) is 30.9 Å². The van der Waals surface area contributed by atoms with Crippen molar-refractivity contribution in [2.24, 2.45) is 5.73 Å². The number of carbonyl (C=O) groups is 1. The standard InChI is InChI=1S/C13H29N3O2/c1-6-18-12(17)13(2,14)8-11-16(5)10-7-9-15(3)4/h6-11,14H2,1-5H3. The first kappa shape index (κ1) is 17.4. The van der Waals surface area contributed by atoms with Crippen LogP contribution in [0.25, 0.3) is 0 Å². The van der Waals surface area contributed by atoms with Crippen molar-refractivity contribution >= 4 is 5.97 Å². The maximum Gasteiger partial charge on any atom is 0.325 e. The van der Waals surface area contributed by atoms with Crippen molar-refractivity contribution < 1.29 is 9.53 Å². The van der Waals surface area contributed by atoms with Gasteiger partial charge in [-0.1, -0.05) is 0 Å². The molecule has 1 atom stereocenters. The minimum atomic E-state index is -0.883. The molecule has 0 aromatic carbocycles. The van der Waals surface area contributed by atoms with Gasteiger partial charge in [0.1, 0.15) is 5.54 Å². The largest absolute Gasteiger partial charge is 0.465 e. The van der Waals surface area contributed by atoms with Crippen molar-refractivity contribution in [2.75, 3.05) is 47.4 Å². The molecule has 0 fully saturated rings. The van der Waals surface area contributed by atoms with Crippen LogP contribution in [-0.4, -0.2) is 68.7 Å². The van der Waals surface area contributed by atoms with Crippen molar-refractivity contribution in [2.45, 2.75) is 32.2 Å². The van der Waals surface area contributed by atoms with Gasteiger partial charge in [-0.25, -0.2) is 0 Å². The fraction of sp³-hybridized carbons (Fsp3) is 0.923. The Bertz CT molecular complexity index is 242. The molecule has 1 unspecified atom stereocenters. The molecular formula is C13H29N3O2. The van der Waals surface area contributed by atoms with Crippen LogP contribution in [0.3, 0.4) is 0 Å². The first-order valence-corrected chi connectivity index (χ1v) is 6.59. The van der Waals surface area contributed by atoms with Crippen LogP contribution in [0.1, 0.15) is 26.7 Å². The highest BCUT2D eigenvalue weighted by Crippen LogP contribution is 2.09. The molecule has 108 valence electrons. The van der Waals surface area contributed by atoms with Gasteiger partial charge in [0.15, 0.2) is 0 Å². The van der Waals surface area contributed by atoms with E-state index in [9.17, 15) is 4.79 Å². The Hall–Kier alpha value is -0.650. The zero-order valence-electron chi connectivity index (χ0n) is 12.5. The Labute approximate surface area is 111 Å². The molecule has 0 spiro atoms. The van der Waals surface area contributed by atoms with Crippen LogP contribution < -0.4 is 5.73 Å². The number of nitrogens with zero attached hydrogens (tertiary/aromatic N) is 2. The van der Waals surface area contributed by atoms with E-state index in [4.69, 9.17) is 10.5 Å². The minimum Gasteiger partial charge on any atom is -0.465 e. The van der Waals surface area contributed by atoms with Gasteiger partial charge in [-0.2, -0.15) is 0 Å². The number of nitrogens with two attached hydrogens (primary N) is 1. The van der Waals surface area contributed by atoms with Gasteiger partial charge in [-0.15, -0.1) is 0 Å². The molecule has 0 aliphatic carbocycles. The maximum absolute atomic E-state index is 11.6. The molecule has 0 aromatic rings. The van der Waals surface area contributed by atoms with Crippen molar-refractivity contribution in [3.8, 4) is 0 Å². The fourth-order valence-electron chi connectivity index (χ4n) is 1.59.